The normalized spacial score (nSPS) is 12.4. The molecule has 2 rings (SSSR count). The Morgan fingerprint density at radius 3 is 2.89 bits per heavy atom. The van der Waals surface area contributed by atoms with Gasteiger partial charge in [-0.2, -0.15) is 0 Å². The lowest BCUT2D eigenvalue weighted by atomic mass is 10.1. The fourth-order valence-electron chi connectivity index (χ4n) is 1.88. The number of hydrogen-bond donors (Lipinski definition) is 1. The smallest absolute Gasteiger partial charge is 0.132 e. The van der Waals surface area contributed by atoms with Crippen LogP contribution in [-0.2, 0) is 12.8 Å². The summed E-state index contributed by atoms with van der Waals surface area (Å²) in [5.41, 5.74) is 8.18. The largest absolute Gasteiger partial charge is 0.327 e. The lowest BCUT2D eigenvalue weighted by molar-refractivity contribution is 0.633. The Labute approximate surface area is 122 Å². The van der Waals surface area contributed by atoms with Crippen LogP contribution in [0.15, 0.2) is 41.0 Å². The van der Waals surface area contributed by atoms with Gasteiger partial charge in [0.15, 0.2) is 0 Å². The summed E-state index contributed by atoms with van der Waals surface area (Å²) in [6.45, 7) is 2.09. The van der Waals surface area contributed by atoms with Gasteiger partial charge in [0.25, 0.3) is 0 Å². The van der Waals surface area contributed by atoms with Crippen LogP contribution in [-0.4, -0.2) is 16.0 Å². The predicted molar refractivity (Wildman–Crippen MR) is 81.0 cm³/mol. The van der Waals surface area contributed by atoms with E-state index in [1.165, 1.54) is 5.56 Å². The third kappa shape index (κ3) is 4.40. The molecule has 100 valence electrons. The molecule has 0 bridgehead atoms. The van der Waals surface area contributed by atoms with Crippen molar-refractivity contribution in [3.8, 4) is 0 Å². The van der Waals surface area contributed by atoms with Gasteiger partial charge in [0.1, 0.15) is 5.82 Å². The van der Waals surface area contributed by atoms with E-state index in [9.17, 15) is 0 Å². The first kappa shape index (κ1) is 14.2. The van der Waals surface area contributed by atoms with E-state index in [-0.39, 0.29) is 6.04 Å². The molecule has 0 fully saturated rings. The first-order valence-electron chi connectivity index (χ1n) is 6.48. The summed E-state index contributed by atoms with van der Waals surface area (Å²) in [5.74, 6) is 0.846. The maximum absolute atomic E-state index is 5.96. The minimum absolute atomic E-state index is 0.175. The van der Waals surface area contributed by atoms with Gasteiger partial charge >= 0.3 is 0 Å². The molecule has 1 aromatic carbocycles. The number of hydrogen-bond acceptors (Lipinski definition) is 3. The molecule has 1 unspecified atom stereocenters. The van der Waals surface area contributed by atoms with Gasteiger partial charge in [0.05, 0.1) is 0 Å². The maximum atomic E-state index is 5.96. The molecular weight excluding hydrogens is 302 g/mol. The van der Waals surface area contributed by atoms with Crippen LogP contribution in [0.4, 0.5) is 0 Å². The summed E-state index contributed by atoms with van der Waals surface area (Å²) in [5, 5.41) is 0. The molecule has 2 N–H and O–H groups in total. The molecule has 0 aliphatic heterocycles. The number of nitrogens with zero attached hydrogens (tertiary/aromatic N) is 2. The molecular formula is C15H18BrN3. The SMILES string of the molecule is CCC(N)Cc1ccnc(Cc2cccc(Br)c2)n1. The van der Waals surface area contributed by atoms with Crippen molar-refractivity contribution in [3.63, 3.8) is 0 Å². The molecule has 1 atom stereocenters. The van der Waals surface area contributed by atoms with Crippen LogP contribution in [0.1, 0.15) is 30.4 Å². The molecule has 0 saturated heterocycles. The third-order valence-corrected chi connectivity index (χ3v) is 3.50. The highest BCUT2D eigenvalue weighted by atomic mass is 79.9. The first-order valence-corrected chi connectivity index (χ1v) is 7.27. The molecule has 0 radical (unpaired) electrons. The van der Waals surface area contributed by atoms with Crippen LogP contribution >= 0.6 is 15.9 Å². The molecule has 2 aromatic rings. The second kappa shape index (κ2) is 6.78. The van der Waals surface area contributed by atoms with Crippen molar-refractivity contribution in [2.24, 2.45) is 5.73 Å². The minimum atomic E-state index is 0.175. The zero-order chi connectivity index (χ0) is 13.7. The van der Waals surface area contributed by atoms with Crippen LogP contribution in [0.5, 0.6) is 0 Å². The summed E-state index contributed by atoms with van der Waals surface area (Å²) in [6.07, 6.45) is 4.34. The van der Waals surface area contributed by atoms with Crippen molar-refractivity contribution < 1.29 is 0 Å². The van der Waals surface area contributed by atoms with Gasteiger partial charge in [-0.05, 0) is 30.2 Å². The van der Waals surface area contributed by atoms with E-state index < -0.39 is 0 Å². The summed E-state index contributed by atoms with van der Waals surface area (Å²) in [7, 11) is 0. The molecule has 19 heavy (non-hydrogen) atoms. The molecule has 0 aliphatic rings. The monoisotopic (exact) mass is 319 g/mol. The van der Waals surface area contributed by atoms with E-state index in [1.807, 2.05) is 24.4 Å². The van der Waals surface area contributed by atoms with Gasteiger partial charge < -0.3 is 5.73 Å². The average molecular weight is 320 g/mol. The number of benzene rings is 1. The Balaban J connectivity index is 2.10. The second-order valence-corrected chi connectivity index (χ2v) is 5.56. The van der Waals surface area contributed by atoms with Gasteiger partial charge in [-0.1, -0.05) is 35.0 Å². The van der Waals surface area contributed by atoms with E-state index in [0.717, 1.165) is 35.3 Å². The Bertz CT molecular complexity index is 542. The van der Waals surface area contributed by atoms with Crippen LogP contribution in [0, 0.1) is 0 Å². The Kier molecular flexibility index (Phi) is 5.05. The molecule has 0 amide bonds. The molecule has 4 heteroatoms. The zero-order valence-corrected chi connectivity index (χ0v) is 12.6. The standard InChI is InChI=1S/C15H18BrN3/c1-2-13(17)10-14-6-7-18-15(19-14)9-11-4-3-5-12(16)8-11/h3-8,13H,2,9-10,17H2,1H3. The van der Waals surface area contributed by atoms with Crippen molar-refractivity contribution in [1.82, 2.24) is 9.97 Å². The highest BCUT2D eigenvalue weighted by Gasteiger charge is 2.05. The fraction of sp³-hybridized carbons (Fsp3) is 0.333. The van der Waals surface area contributed by atoms with Crippen molar-refractivity contribution in [2.75, 3.05) is 0 Å². The Morgan fingerprint density at radius 2 is 2.16 bits per heavy atom. The van der Waals surface area contributed by atoms with Gasteiger partial charge in [0.2, 0.25) is 0 Å². The first-order chi connectivity index (χ1) is 9.17. The Morgan fingerprint density at radius 1 is 1.32 bits per heavy atom. The van der Waals surface area contributed by atoms with Crippen LogP contribution in [0.3, 0.4) is 0 Å². The minimum Gasteiger partial charge on any atom is -0.327 e. The third-order valence-electron chi connectivity index (χ3n) is 3.01. The Hall–Kier alpha value is -1.26. The van der Waals surface area contributed by atoms with Gasteiger partial charge in [0, 0.05) is 35.2 Å². The van der Waals surface area contributed by atoms with Crippen LogP contribution in [0.2, 0.25) is 0 Å². The van der Waals surface area contributed by atoms with Crippen molar-refractivity contribution in [1.29, 1.82) is 0 Å². The second-order valence-electron chi connectivity index (χ2n) is 4.64. The van der Waals surface area contributed by atoms with Crippen LogP contribution in [0.25, 0.3) is 0 Å². The van der Waals surface area contributed by atoms with E-state index in [0.29, 0.717) is 0 Å². The van der Waals surface area contributed by atoms with Crippen LogP contribution < -0.4 is 5.73 Å². The zero-order valence-electron chi connectivity index (χ0n) is 11.0. The topological polar surface area (TPSA) is 51.8 Å². The molecule has 0 aliphatic carbocycles. The highest BCUT2D eigenvalue weighted by molar-refractivity contribution is 9.10. The highest BCUT2D eigenvalue weighted by Crippen LogP contribution is 2.14. The van der Waals surface area contributed by atoms with Gasteiger partial charge in [-0.3, -0.25) is 0 Å². The van der Waals surface area contributed by atoms with E-state index >= 15 is 0 Å². The number of halogens is 1. The van der Waals surface area contributed by atoms with Gasteiger partial charge in [-0.25, -0.2) is 9.97 Å². The van der Waals surface area contributed by atoms with E-state index in [2.05, 4.69) is 45.0 Å². The van der Waals surface area contributed by atoms with Crippen molar-refractivity contribution in [2.45, 2.75) is 32.2 Å². The molecule has 0 saturated carbocycles. The lowest BCUT2D eigenvalue weighted by Gasteiger charge is -2.08. The molecule has 1 heterocycles. The van der Waals surface area contributed by atoms with E-state index in [4.69, 9.17) is 5.73 Å². The molecule has 0 spiro atoms. The van der Waals surface area contributed by atoms with Gasteiger partial charge in [-0.15, -0.1) is 0 Å². The fourth-order valence-corrected chi connectivity index (χ4v) is 2.33. The lowest BCUT2D eigenvalue weighted by Crippen LogP contribution is -2.22. The maximum Gasteiger partial charge on any atom is 0.132 e. The number of rotatable bonds is 5. The van der Waals surface area contributed by atoms with Crippen molar-refractivity contribution >= 4 is 15.9 Å². The van der Waals surface area contributed by atoms with Crippen molar-refractivity contribution in [3.05, 3.63) is 58.1 Å². The molecule has 3 nitrogen and oxygen atoms in total. The quantitative estimate of drug-likeness (QED) is 0.921. The molecule has 1 aromatic heterocycles. The summed E-state index contributed by atoms with van der Waals surface area (Å²) < 4.78 is 1.08. The summed E-state index contributed by atoms with van der Waals surface area (Å²) >= 11 is 3.47. The average Bonchev–Trinajstić information content (AvgIpc) is 2.39. The van der Waals surface area contributed by atoms with E-state index in [1.54, 1.807) is 0 Å². The predicted octanol–water partition coefficient (Wildman–Crippen LogP) is 3.11. The summed E-state index contributed by atoms with van der Waals surface area (Å²) in [6, 6.07) is 10.3. The number of nitrogens with two attached hydrogens (primary N) is 1. The summed E-state index contributed by atoms with van der Waals surface area (Å²) in [4.78, 5) is 8.91. The number of aromatic nitrogens is 2.